The normalized spacial score (nSPS) is 10.2. The molecular weight excluding hydrogens is 1700 g/mol. The summed E-state index contributed by atoms with van der Waals surface area (Å²) in [4.78, 5) is 99.0. The number of carboxylic acid groups (broad SMARTS) is 1. The van der Waals surface area contributed by atoms with Crippen LogP contribution in [0.5, 0.6) is 80.5 Å². The minimum Gasteiger partial charge on any atom is -0.511 e. The number of aliphatic hydroxyl groups excluding tert-OH is 1. The average Bonchev–Trinajstić information content (AvgIpc) is 0.753. The van der Waals surface area contributed by atoms with E-state index in [1.54, 1.807) is 155 Å². The van der Waals surface area contributed by atoms with Gasteiger partial charge in [-0.2, -0.15) is 0 Å². The fraction of sp³-hybridized carbons (Fsp3) is 0.411. The predicted octanol–water partition coefficient (Wildman–Crippen LogP) is 15.3. The molecule has 0 saturated heterocycles. The minimum absolute atomic E-state index is 0. The van der Waals surface area contributed by atoms with Gasteiger partial charge in [0.25, 0.3) is 23.5 Å². The summed E-state index contributed by atoms with van der Waals surface area (Å²) in [6, 6.07) is 33.7. The van der Waals surface area contributed by atoms with E-state index < -0.39 is 57.6 Å². The van der Waals surface area contributed by atoms with Crippen molar-refractivity contribution in [3.8, 4) is 103 Å². The smallest absolute Gasteiger partial charge is 0.347 e. The van der Waals surface area contributed by atoms with Gasteiger partial charge in [0, 0.05) is 35.1 Å². The molecule has 6 aromatic carbocycles. The largest absolute Gasteiger partial charge is 0.511 e. The van der Waals surface area contributed by atoms with Crippen LogP contribution in [-0.2, 0) is 57.4 Å². The van der Waals surface area contributed by atoms with E-state index in [2.05, 4.69) is 28.6 Å². The number of esters is 4. The number of unbranched alkanes of at least 4 members (excludes halogenated alkanes) is 4. The fourth-order valence-corrected chi connectivity index (χ4v) is 12.3. The number of amides is 1. The Morgan fingerprint density at radius 3 is 1.05 bits per heavy atom. The number of allylic oxidation sites excluding steroid dienone is 2. The van der Waals surface area contributed by atoms with Crippen molar-refractivity contribution < 1.29 is 125 Å². The summed E-state index contributed by atoms with van der Waals surface area (Å²) in [5.74, 6) is 15.8. The molecule has 0 bridgehead atoms. The number of rotatable bonds is 38. The Bertz CT molecular complexity index is 4720. The molecule has 36 nitrogen and oxygen atoms in total. The van der Waals surface area contributed by atoms with Gasteiger partial charge >= 0.3 is 23.9 Å². The van der Waals surface area contributed by atoms with Crippen molar-refractivity contribution in [2.75, 3.05) is 112 Å². The number of hydrogen-bond donors (Lipinski definition) is 12. The number of pyridine rings is 2. The number of carbonyl (C=O) groups excluding carboxylic acids is 5. The number of carbonyl (C=O) groups is 6. The van der Waals surface area contributed by atoms with Crippen LogP contribution in [0.3, 0.4) is 0 Å². The third kappa shape index (κ3) is 36.3. The van der Waals surface area contributed by atoms with E-state index in [9.17, 15) is 48.9 Å². The van der Waals surface area contributed by atoms with E-state index in [4.69, 9.17) is 97.3 Å². The first-order valence-electron chi connectivity index (χ1n) is 40.9. The van der Waals surface area contributed by atoms with Crippen LogP contribution in [0.1, 0.15) is 183 Å². The summed E-state index contributed by atoms with van der Waals surface area (Å²) < 4.78 is 83.5. The summed E-state index contributed by atoms with van der Waals surface area (Å²) in [6.07, 6.45) is 9.08. The van der Waals surface area contributed by atoms with Gasteiger partial charge in [-0.25, -0.2) is 20.2 Å². The summed E-state index contributed by atoms with van der Waals surface area (Å²) >= 11 is 0. The number of aromatic nitrogens is 2. The lowest BCUT2D eigenvalue weighted by Gasteiger charge is -2.18. The van der Waals surface area contributed by atoms with Gasteiger partial charge in [0.15, 0.2) is 5.56 Å². The Morgan fingerprint density at radius 2 is 0.718 bits per heavy atom. The zero-order valence-electron chi connectivity index (χ0n) is 77.7. The number of nitrogens with two attached hydrogens (primary N) is 4. The molecule has 0 unspecified atom stereocenters. The number of nitrogen functional groups attached to an aromatic ring is 1. The SMILES string of the molecule is C.C.CCCC/C(N)=C(/C(=O)OCC)c1c(OC)cccc1OC.CCCCC(O)=C(C(=O)OCC)c1c(OC)cccc1OC.CCCCc1[nH]c(=O)c(C(=O)NN)c(O)c1-c1c(OC)cccc1OC.CCCCc1[nH]c(=O)c(C(=O)OCC)c(O)c1-c1c(OC)cccc1OC.CCOC(=O)Cc1c(OC)cccc1OC.COc1cccc(OC)c1.N.NN.O=CO. The molecule has 0 aliphatic rings. The van der Waals surface area contributed by atoms with E-state index in [1.165, 1.54) is 42.7 Å². The lowest BCUT2D eigenvalue weighted by atomic mass is 9.95. The number of benzene rings is 6. The number of aliphatic hydroxyl groups is 1. The summed E-state index contributed by atoms with van der Waals surface area (Å²) in [5, 5.41) is 39.0. The second kappa shape index (κ2) is 68.3. The quantitative estimate of drug-likeness (QED) is 0.00250. The zero-order chi connectivity index (χ0) is 96.4. The van der Waals surface area contributed by atoms with Crippen molar-refractivity contribution in [2.45, 2.75) is 154 Å². The van der Waals surface area contributed by atoms with Crippen LogP contribution >= 0.6 is 0 Å². The zero-order valence-corrected chi connectivity index (χ0v) is 77.7. The number of ether oxygens (including phenoxy) is 16. The molecule has 728 valence electrons. The van der Waals surface area contributed by atoms with Crippen LogP contribution < -0.4 is 103 Å². The van der Waals surface area contributed by atoms with Crippen molar-refractivity contribution >= 4 is 47.4 Å². The molecular formula is C95H140N8O28. The standard InChI is InChI=1S/C20H25NO6.C18H23N3O5.C17H25NO4.C17H24O5.C12H16O4.C8H10O2.CH2O2.2CH4.H4N2.H3N/c1-5-7-9-12-15(16-13(25-3)10-8-11-14(16)26-4)18(22)17(19(23)21-12)20(24)27-6-2;1-4-5-7-10-13(14-11(25-2)8-6-9-12(14)26-3)16(22)15(17(23)20-10)18(24)21-19;2*1-5-7-9-12(18)15(17(19)22-6-2)16-13(20-3)10-8-11-14(16)21-4;1-4-16-12(13)8-9-10(14-2)6-5-7-11(9)15-3;1-9-7-4-3-5-8(6-7)10-2;2-1-3;;;1-2;/h8,10-11H,5-7,9H2,1-4H3,(H2,21,22,23);6,8-9H,4-5,7,19H2,1-3H3,(H,21,24)(H2,20,22,23);8,10-11H,5-7,9,18H2,1-4H3;8,10-11,18H,5-7,9H2,1-4H3;5-7H,4,8H2,1-3H3;3-6H,1-2H3;1H,(H,2,3);2*1H4;1-2H2;1H3/b;;15-12-;;;;;;;;. The molecule has 8 rings (SSSR count). The van der Waals surface area contributed by atoms with Crippen LogP contribution in [0.2, 0.25) is 0 Å². The molecule has 0 aliphatic carbocycles. The van der Waals surface area contributed by atoms with Gasteiger partial charge in [0.05, 0.1) is 157 Å². The lowest BCUT2D eigenvalue weighted by Crippen LogP contribution is -2.35. The molecule has 1 amide bonds. The van der Waals surface area contributed by atoms with Crippen LogP contribution in [0, 0.1) is 0 Å². The second-order valence-electron chi connectivity index (χ2n) is 26.1. The third-order valence-electron chi connectivity index (χ3n) is 18.2. The Morgan fingerprint density at radius 1 is 0.412 bits per heavy atom. The van der Waals surface area contributed by atoms with Crippen molar-refractivity contribution in [3.63, 3.8) is 0 Å². The molecule has 0 aliphatic heterocycles. The van der Waals surface area contributed by atoms with Crippen molar-refractivity contribution in [1.82, 2.24) is 21.5 Å². The summed E-state index contributed by atoms with van der Waals surface area (Å²) in [6.45, 7) is 15.7. The molecule has 0 fully saturated rings. The maximum absolute atomic E-state index is 12.5. The van der Waals surface area contributed by atoms with Gasteiger partial charge in [0.1, 0.15) is 97.4 Å². The third-order valence-corrected chi connectivity index (χ3v) is 18.2. The highest BCUT2D eigenvalue weighted by Crippen LogP contribution is 2.47. The molecule has 2 heterocycles. The Balaban J connectivity index is -0.00000150. The van der Waals surface area contributed by atoms with Crippen molar-refractivity contribution in [3.05, 3.63) is 187 Å². The van der Waals surface area contributed by atoms with Gasteiger partial charge in [-0.3, -0.25) is 41.1 Å². The van der Waals surface area contributed by atoms with Crippen LogP contribution in [0.25, 0.3) is 33.4 Å². The molecule has 8 aromatic rings. The van der Waals surface area contributed by atoms with Crippen molar-refractivity contribution in [2.24, 2.45) is 23.3 Å². The summed E-state index contributed by atoms with van der Waals surface area (Å²) in [5.41, 5.74) is 10.9. The average molecular weight is 1840 g/mol. The second-order valence-corrected chi connectivity index (χ2v) is 26.1. The molecule has 36 heteroatoms. The monoisotopic (exact) mass is 1840 g/mol. The molecule has 18 N–H and O–H groups in total. The number of methoxy groups -OCH3 is 12. The van der Waals surface area contributed by atoms with E-state index in [1.807, 2.05) is 56.5 Å². The van der Waals surface area contributed by atoms with E-state index in [-0.39, 0.29) is 76.6 Å². The van der Waals surface area contributed by atoms with E-state index >= 15 is 0 Å². The number of hydrazine groups is 2. The first-order chi connectivity index (χ1) is 61.7. The maximum Gasteiger partial charge on any atom is 0.347 e. The van der Waals surface area contributed by atoms with Gasteiger partial charge in [-0.15, -0.1) is 0 Å². The predicted molar refractivity (Wildman–Crippen MR) is 506 cm³/mol. The highest BCUT2D eigenvalue weighted by Gasteiger charge is 2.32. The van der Waals surface area contributed by atoms with Crippen LogP contribution in [-0.4, -0.2) is 178 Å². The lowest BCUT2D eigenvalue weighted by molar-refractivity contribution is -0.142. The number of nitrogens with one attached hydrogen (secondary N) is 3. The molecule has 0 atom stereocenters. The topological polar surface area (TPSA) is 548 Å². The highest BCUT2D eigenvalue weighted by atomic mass is 16.6. The Labute approximate surface area is 768 Å². The minimum atomic E-state index is -0.888. The fourth-order valence-electron chi connectivity index (χ4n) is 12.3. The molecule has 0 spiro atoms. The van der Waals surface area contributed by atoms with E-state index in [0.717, 1.165) is 62.9 Å². The molecule has 131 heavy (non-hydrogen) atoms. The number of aryl methyl sites for hydroxylation is 2. The number of H-pyrrole nitrogens is 2. The summed E-state index contributed by atoms with van der Waals surface area (Å²) in [7, 11) is 18.5. The molecule has 2 aromatic heterocycles. The molecule has 0 radical (unpaired) electrons. The first kappa shape index (κ1) is 121. The van der Waals surface area contributed by atoms with Gasteiger partial charge in [0.2, 0.25) is 0 Å². The maximum atomic E-state index is 12.5. The Hall–Kier alpha value is -13.8. The van der Waals surface area contributed by atoms with Crippen LogP contribution in [0.15, 0.2) is 136 Å². The Kier molecular flexibility index (Phi) is 63.3. The number of aromatic amines is 2. The van der Waals surface area contributed by atoms with Crippen LogP contribution in [0.4, 0.5) is 0 Å². The van der Waals surface area contributed by atoms with E-state index in [0.29, 0.717) is 146 Å². The molecule has 0 saturated carbocycles. The first-order valence-corrected chi connectivity index (χ1v) is 40.9. The van der Waals surface area contributed by atoms with Gasteiger partial charge in [-0.05, 0) is 145 Å². The number of hydrogen-bond acceptors (Lipinski definition) is 32. The number of aromatic hydroxyl groups is 2. The van der Waals surface area contributed by atoms with Gasteiger partial charge < -0.3 is 118 Å². The van der Waals surface area contributed by atoms with Crippen molar-refractivity contribution in [1.29, 1.82) is 0 Å². The van der Waals surface area contributed by atoms with Gasteiger partial charge in [-0.1, -0.05) is 105 Å². The highest BCUT2D eigenvalue weighted by molar-refractivity contribution is 6.20.